The molecule has 0 saturated carbocycles. The lowest BCUT2D eigenvalue weighted by Gasteiger charge is -2.47. The zero-order valence-corrected chi connectivity index (χ0v) is 21.9. The Morgan fingerprint density at radius 3 is 2.50 bits per heavy atom. The Morgan fingerprint density at radius 2 is 1.92 bits per heavy atom. The molecule has 0 radical (unpaired) electrons. The number of hydrogen-bond donors (Lipinski definition) is 3. The Balaban J connectivity index is 1.50. The molecule has 4 rings (SSSR count). The maximum absolute atomic E-state index is 13.2. The third-order valence-electron chi connectivity index (χ3n) is 6.92. The van der Waals surface area contributed by atoms with Crippen molar-refractivity contribution < 1.29 is 32.3 Å². The number of β-lactam (4-membered cyclic amide) rings is 1. The van der Waals surface area contributed by atoms with Gasteiger partial charge in [-0.15, -0.1) is 11.8 Å². The molecule has 0 aromatic heterocycles. The first-order valence-corrected chi connectivity index (χ1v) is 13.9. The van der Waals surface area contributed by atoms with Crippen molar-refractivity contribution in [2.24, 2.45) is 11.8 Å². The lowest BCUT2D eigenvalue weighted by molar-refractivity contribution is -0.157. The van der Waals surface area contributed by atoms with Crippen LogP contribution in [-0.2, 0) is 24.4 Å². The number of hydrogen-bond acceptors (Lipinski definition) is 7. The van der Waals surface area contributed by atoms with Crippen molar-refractivity contribution in [1.29, 1.82) is 0 Å². The molecule has 2 saturated heterocycles. The Bertz CT molecular complexity index is 1220. The van der Waals surface area contributed by atoms with Crippen molar-refractivity contribution in [2.75, 3.05) is 20.6 Å². The molecule has 3 aliphatic heterocycles. The van der Waals surface area contributed by atoms with E-state index < -0.39 is 45.7 Å². The van der Waals surface area contributed by atoms with Crippen molar-refractivity contribution in [1.82, 2.24) is 19.8 Å². The van der Waals surface area contributed by atoms with E-state index in [-0.39, 0.29) is 33.7 Å². The van der Waals surface area contributed by atoms with Gasteiger partial charge in [-0.05, 0) is 37.6 Å². The number of carbonyl (C=O) groups excluding carboxylic acids is 2. The summed E-state index contributed by atoms with van der Waals surface area (Å²) in [6.07, 6.45) is 0.528. The number of nitrogens with one attached hydrogen (secondary N) is 2. The normalized spacial score (nSPS) is 28.6. The molecule has 1 aromatic carbocycles. The quantitative estimate of drug-likeness (QED) is 0.413. The van der Waals surface area contributed by atoms with Crippen molar-refractivity contribution in [3.8, 4) is 0 Å². The number of likely N-dealkylation sites (N-methyl/N-ethyl adjacent to an activating group) is 1. The van der Waals surface area contributed by atoms with Crippen LogP contribution in [0.5, 0.6) is 0 Å². The van der Waals surface area contributed by atoms with Crippen LogP contribution in [0.3, 0.4) is 0 Å². The third-order valence-corrected chi connectivity index (χ3v) is 10.0. The Labute approximate surface area is 213 Å². The zero-order chi connectivity index (χ0) is 26.5. The maximum Gasteiger partial charge on any atom is 0.353 e. The summed E-state index contributed by atoms with van der Waals surface area (Å²) in [5.41, 5.74) is -0.0743. The van der Waals surface area contributed by atoms with Gasteiger partial charge in [-0.1, -0.05) is 6.92 Å². The van der Waals surface area contributed by atoms with Crippen LogP contribution in [0.25, 0.3) is 0 Å². The molecule has 1 aromatic rings. The summed E-state index contributed by atoms with van der Waals surface area (Å²) in [6.45, 7) is 3.92. The van der Waals surface area contributed by atoms with Gasteiger partial charge in [0.2, 0.25) is 21.8 Å². The molecule has 6 atom stereocenters. The van der Waals surface area contributed by atoms with Gasteiger partial charge in [0.1, 0.15) is 11.5 Å². The monoisotopic (exact) mass is 540 g/mol. The fraction of sp³-hybridized carbons (Fsp3) is 0.522. The van der Waals surface area contributed by atoms with Crippen LogP contribution >= 0.6 is 11.8 Å². The standard InChI is InChI=1S/C23H29FN4O6S2/c1-11-18-17(12(2)26-36(33,34)15-7-5-13(24)6-8-15)22(30)28(18)19(23(31)32)20(11)35-14-9-16(25-10-14)21(29)27(3)4/h5-8,11-12,14,16-18,25-26H,9-10H2,1-4H3,(H,31,32)/t11-,12-,14+,16+,17-,18-/m1/s1. The van der Waals surface area contributed by atoms with Crippen LogP contribution in [0, 0.1) is 17.7 Å². The highest BCUT2D eigenvalue weighted by molar-refractivity contribution is 8.03. The minimum Gasteiger partial charge on any atom is -0.477 e. The number of halogens is 1. The molecule has 36 heavy (non-hydrogen) atoms. The maximum atomic E-state index is 13.2. The smallest absolute Gasteiger partial charge is 0.353 e. The second-order valence-electron chi connectivity index (χ2n) is 9.56. The summed E-state index contributed by atoms with van der Waals surface area (Å²) in [4.78, 5) is 40.7. The van der Waals surface area contributed by atoms with Crippen LogP contribution in [0.2, 0.25) is 0 Å². The number of carboxylic acids is 1. The number of rotatable bonds is 8. The number of fused-ring (bicyclic) bond motifs is 1. The number of benzene rings is 1. The van der Waals surface area contributed by atoms with Crippen molar-refractivity contribution in [3.05, 3.63) is 40.7 Å². The molecule has 3 heterocycles. The fourth-order valence-corrected chi connectivity index (χ4v) is 7.91. The highest BCUT2D eigenvalue weighted by Crippen LogP contribution is 2.52. The van der Waals surface area contributed by atoms with Crippen LogP contribution < -0.4 is 10.0 Å². The molecular weight excluding hydrogens is 511 g/mol. The molecule has 196 valence electrons. The summed E-state index contributed by atoms with van der Waals surface area (Å²) >= 11 is 1.36. The topological polar surface area (TPSA) is 136 Å². The van der Waals surface area contributed by atoms with Crippen molar-refractivity contribution in [2.45, 2.75) is 48.5 Å². The largest absolute Gasteiger partial charge is 0.477 e. The molecular formula is C23H29FN4O6S2. The third kappa shape index (κ3) is 4.64. The van der Waals surface area contributed by atoms with Crippen LogP contribution in [0.15, 0.2) is 39.8 Å². The van der Waals surface area contributed by atoms with E-state index in [4.69, 9.17) is 0 Å². The number of nitrogens with zero attached hydrogens (tertiary/aromatic N) is 2. The highest BCUT2D eigenvalue weighted by Gasteiger charge is 2.60. The number of carbonyl (C=O) groups is 3. The SMILES string of the molecule is C[C@@H](NS(=O)(=O)c1ccc(F)cc1)[C@H]1C(=O)N2C(C(=O)O)=C(S[C@@H]3CN[C@H](C(=O)N(C)C)C3)[C@H](C)[C@H]12. The molecule has 0 bridgehead atoms. The Kier molecular flexibility index (Phi) is 7.21. The van der Waals surface area contributed by atoms with Gasteiger partial charge in [0.25, 0.3) is 0 Å². The average molecular weight is 541 g/mol. The lowest BCUT2D eigenvalue weighted by atomic mass is 9.78. The summed E-state index contributed by atoms with van der Waals surface area (Å²) in [5.74, 6) is -3.38. The highest BCUT2D eigenvalue weighted by atomic mass is 32.2. The molecule has 13 heteroatoms. The first kappa shape index (κ1) is 26.6. The molecule has 3 aliphatic rings. The molecule has 2 amide bonds. The molecule has 0 unspecified atom stereocenters. The van der Waals surface area contributed by atoms with Gasteiger partial charge >= 0.3 is 5.97 Å². The van der Waals surface area contributed by atoms with Crippen molar-refractivity contribution in [3.63, 3.8) is 0 Å². The van der Waals surface area contributed by atoms with Gasteiger partial charge in [0.15, 0.2) is 0 Å². The lowest BCUT2D eigenvalue weighted by Crippen LogP contribution is -2.66. The zero-order valence-electron chi connectivity index (χ0n) is 20.3. The van der Waals surface area contributed by atoms with E-state index in [0.717, 1.165) is 24.3 Å². The minimum absolute atomic E-state index is 0.0487. The van der Waals surface area contributed by atoms with Gasteiger partial charge in [-0.2, -0.15) is 0 Å². The van der Waals surface area contributed by atoms with E-state index in [2.05, 4.69) is 10.0 Å². The summed E-state index contributed by atoms with van der Waals surface area (Å²) in [5, 5.41) is 13.1. The summed E-state index contributed by atoms with van der Waals surface area (Å²) in [7, 11) is -0.662. The number of aliphatic carboxylic acids is 1. The van der Waals surface area contributed by atoms with E-state index >= 15 is 0 Å². The second-order valence-corrected chi connectivity index (χ2v) is 12.6. The van der Waals surface area contributed by atoms with Gasteiger partial charge in [-0.25, -0.2) is 22.3 Å². The van der Waals surface area contributed by atoms with E-state index in [0.29, 0.717) is 17.9 Å². The number of thioether (sulfide) groups is 1. The predicted molar refractivity (Wildman–Crippen MR) is 131 cm³/mol. The minimum atomic E-state index is -4.02. The molecule has 10 nitrogen and oxygen atoms in total. The van der Waals surface area contributed by atoms with E-state index in [1.165, 1.54) is 21.6 Å². The molecule has 0 aliphatic carbocycles. The van der Waals surface area contributed by atoms with Gasteiger partial charge in [-0.3, -0.25) is 9.59 Å². The Hall–Kier alpha value is -2.48. The van der Waals surface area contributed by atoms with Crippen LogP contribution in [-0.4, -0.2) is 85.1 Å². The van der Waals surface area contributed by atoms with Gasteiger partial charge in [0.05, 0.1) is 22.9 Å². The second kappa shape index (κ2) is 9.77. The average Bonchev–Trinajstić information content (AvgIpc) is 3.35. The van der Waals surface area contributed by atoms with Crippen molar-refractivity contribution >= 4 is 39.6 Å². The van der Waals surface area contributed by atoms with E-state index in [1.54, 1.807) is 21.0 Å². The van der Waals surface area contributed by atoms with Gasteiger partial charge < -0.3 is 20.2 Å². The molecule has 2 fully saturated rings. The molecule has 0 spiro atoms. The van der Waals surface area contributed by atoms with Crippen LogP contribution in [0.1, 0.15) is 20.3 Å². The summed E-state index contributed by atoms with van der Waals surface area (Å²) in [6, 6.07) is 2.68. The summed E-state index contributed by atoms with van der Waals surface area (Å²) < 4.78 is 41.3. The number of carboxylic acid groups (broad SMARTS) is 1. The number of amides is 2. The Morgan fingerprint density at radius 1 is 1.28 bits per heavy atom. The first-order valence-electron chi connectivity index (χ1n) is 11.5. The van der Waals surface area contributed by atoms with E-state index in [1.807, 2.05) is 6.92 Å². The fourth-order valence-electron chi connectivity index (χ4n) is 5.17. The van der Waals surface area contributed by atoms with Gasteiger partial charge in [0, 0.05) is 42.8 Å². The first-order chi connectivity index (χ1) is 16.8. The van der Waals surface area contributed by atoms with E-state index in [9.17, 15) is 32.3 Å². The predicted octanol–water partition coefficient (Wildman–Crippen LogP) is 0.817. The number of sulfonamides is 1. The molecule has 3 N–H and O–H groups in total. The van der Waals surface area contributed by atoms with Crippen LogP contribution in [0.4, 0.5) is 4.39 Å².